The quantitative estimate of drug-likeness (QED) is 0.0564. The molecule has 0 N–H and O–H groups in total. The Morgan fingerprint density at radius 2 is 0.430 bits per heavy atom. The molecule has 10 rings (SSSR count). The van der Waals surface area contributed by atoms with Gasteiger partial charge < -0.3 is 8.85 Å². The van der Waals surface area contributed by atoms with Crippen molar-refractivity contribution in [2.24, 2.45) is 10.2 Å². The average molecular weight is 1160 g/mol. The summed E-state index contributed by atoms with van der Waals surface area (Å²) in [5.74, 6) is 1.92. The molecule has 436 valence electrons. The average Bonchev–Trinajstić information content (AvgIpc) is 1.20. The maximum Gasteiger partial charge on any atom is 0.258 e. The zero-order valence-corrected chi connectivity index (χ0v) is 55.1. The SMILES string of the molecule is Cc1cc(-c2ccc(-c3ccccc3)cc2)c(N=Nc2c(-c3ccc(-c4ccccc4)cc3)cc(C)cc2-c2ccc(-c3ccc(O[Si](C(C)C)(C(C)C)C(C)C)cc3)cc2)c(-c2ccc(-c3ccc(O[Si](C(C)C)(C(C)C)C(C)C)cc3)cc2)c1. The van der Waals surface area contributed by atoms with Gasteiger partial charge in [-0.15, -0.1) is 10.2 Å². The van der Waals surface area contributed by atoms with E-state index in [1.54, 1.807) is 0 Å². The van der Waals surface area contributed by atoms with Crippen molar-refractivity contribution < 1.29 is 8.85 Å². The van der Waals surface area contributed by atoms with Gasteiger partial charge in [-0.25, -0.2) is 0 Å². The van der Waals surface area contributed by atoms with Gasteiger partial charge in [0.1, 0.15) is 22.9 Å². The predicted molar refractivity (Wildman–Crippen MR) is 373 cm³/mol. The molecule has 6 heteroatoms. The zero-order valence-electron chi connectivity index (χ0n) is 53.1. The minimum absolute atomic E-state index is 0.494. The van der Waals surface area contributed by atoms with Crippen molar-refractivity contribution in [3.8, 4) is 101 Å². The summed E-state index contributed by atoms with van der Waals surface area (Å²) in [4.78, 5) is 0. The van der Waals surface area contributed by atoms with Crippen LogP contribution in [0.3, 0.4) is 0 Å². The first-order valence-electron chi connectivity index (χ1n) is 31.2. The van der Waals surface area contributed by atoms with E-state index in [9.17, 15) is 0 Å². The molecule has 86 heavy (non-hydrogen) atoms. The van der Waals surface area contributed by atoms with Crippen LogP contribution in [0.15, 0.2) is 241 Å². The smallest absolute Gasteiger partial charge is 0.258 e. The highest BCUT2D eigenvalue weighted by Crippen LogP contribution is 2.48. The molecule has 10 aromatic carbocycles. The van der Waals surface area contributed by atoms with Crippen LogP contribution >= 0.6 is 0 Å². The number of nitrogens with zero attached hydrogens (tertiary/aromatic N) is 2. The first-order chi connectivity index (χ1) is 41.4. The zero-order chi connectivity index (χ0) is 60.9. The van der Waals surface area contributed by atoms with Crippen molar-refractivity contribution in [3.05, 3.63) is 242 Å². The van der Waals surface area contributed by atoms with E-state index in [1.807, 2.05) is 0 Å². The maximum absolute atomic E-state index is 7.07. The van der Waals surface area contributed by atoms with E-state index in [0.717, 1.165) is 112 Å². The fraction of sp³-hybridized carbons (Fsp3) is 0.250. The largest absolute Gasteiger partial charge is 0.543 e. The second kappa shape index (κ2) is 26.2. The number of benzene rings is 10. The number of rotatable bonds is 20. The van der Waals surface area contributed by atoms with Crippen molar-refractivity contribution in [2.45, 2.75) is 130 Å². The molecule has 4 nitrogen and oxygen atoms in total. The topological polar surface area (TPSA) is 43.2 Å². The molecule has 0 radical (unpaired) electrons. The fourth-order valence-corrected chi connectivity index (χ4v) is 24.4. The lowest BCUT2D eigenvalue weighted by Gasteiger charge is -2.42. The molecular formula is C80H86N2O2Si2. The molecule has 0 amide bonds. The van der Waals surface area contributed by atoms with Crippen LogP contribution in [-0.4, -0.2) is 16.6 Å². The molecule has 0 aromatic heterocycles. The molecular weight excluding hydrogens is 1080 g/mol. The van der Waals surface area contributed by atoms with Crippen LogP contribution < -0.4 is 8.85 Å². The summed E-state index contributed by atoms with van der Waals surface area (Å²) in [5.41, 5.74) is 24.4. The highest BCUT2D eigenvalue weighted by Gasteiger charge is 2.48. The second-order valence-electron chi connectivity index (χ2n) is 25.5. The van der Waals surface area contributed by atoms with Crippen molar-refractivity contribution >= 4 is 28.0 Å². The number of aryl methyl sites for hydroxylation is 2. The lowest BCUT2D eigenvalue weighted by molar-refractivity contribution is 0.480. The van der Waals surface area contributed by atoms with Gasteiger partial charge in [-0.3, -0.25) is 0 Å². The van der Waals surface area contributed by atoms with Crippen LogP contribution in [0.5, 0.6) is 11.5 Å². The van der Waals surface area contributed by atoms with E-state index >= 15 is 0 Å². The Morgan fingerprint density at radius 1 is 0.244 bits per heavy atom. The molecule has 0 bridgehead atoms. The van der Waals surface area contributed by atoms with Gasteiger partial charge in [0.2, 0.25) is 0 Å². The highest BCUT2D eigenvalue weighted by atomic mass is 28.4. The van der Waals surface area contributed by atoms with Gasteiger partial charge in [-0.1, -0.05) is 265 Å². The van der Waals surface area contributed by atoms with Crippen LogP contribution in [0.4, 0.5) is 11.4 Å². The second-order valence-corrected chi connectivity index (χ2v) is 36.3. The minimum atomic E-state index is -2.10. The van der Waals surface area contributed by atoms with Crippen molar-refractivity contribution in [2.75, 3.05) is 0 Å². The third-order valence-electron chi connectivity index (χ3n) is 18.1. The maximum atomic E-state index is 7.07. The molecule has 0 spiro atoms. The molecule has 0 aliphatic heterocycles. The van der Waals surface area contributed by atoms with E-state index in [0.29, 0.717) is 33.2 Å². The molecule has 0 saturated carbocycles. The Morgan fingerprint density at radius 3 is 0.640 bits per heavy atom. The van der Waals surface area contributed by atoms with Gasteiger partial charge in [0.05, 0.1) is 0 Å². The van der Waals surface area contributed by atoms with Gasteiger partial charge in [-0.2, -0.15) is 0 Å². The van der Waals surface area contributed by atoms with E-state index in [4.69, 9.17) is 19.1 Å². The van der Waals surface area contributed by atoms with Gasteiger partial charge in [-0.05, 0) is 174 Å². The van der Waals surface area contributed by atoms with Crippen molar-refractivity contribution in [3.63, 3.8) is 0 Å². The number of hydrogen-bond acceptors (Lipinski definition) is 4. The lowest BCUT2D eigenvalue weighted by Crippen LogP contribution is -2.50. The van der Waals surface area contributed by atoms with Gasteiger partial charge >= 0.3 is 0 Å². The van der Waals surface area contributed by atoms with Gasteiger partial charge in [0, 0.05) is 22.3 Å². The van der Waals surface area contributed by atoms with E-state index in [-0.39, 0.29) is 0 Å². The Bertz CT molecular complexity index is 3600. The highest BCUT2D eigenvalue weighted by molar-refractivity contribution is 6.78. The Hall–Kier alpha value is -8.17. The summed E-state index contributed by atoms with van der Waals surface area (Å²) >= 11 is 0. The van der Waals surface area contributed by atoms with Crippen LogP contribution in [0, 0.1) is 13.8 Å². The lowest BCUT2D eigenvalue weighted by atomic mass is 9.92. The molecule has 0 fully saturated rings. The normalized spacial score (nSPS) is 12.2. The third-order valence-corrected chi connectivity index (χ3v) is 30.1. The minimum Gasteiger partial charge on any atom is -0.543 e. The molecule has 0 saturated heterocycles. The third kappa shape index (κ3) is 12.7. The van der Waals surface area contributed by atoms with Gasteiger partial charge in [0.25, 0.3) is 16.6 Å². The summed E-state index contributed by atoms with van der Waals surface area (Å²) in [7, 11) is -4.20. The Balaban J connectivity index is 1.08. The van der Waals surface area contributed by atoms with E-state index < -0.39 is 16.6 Å². The summed E-state index contributed by atoms with van der Waals surface area (Å²) in [5, 5.41) is 11.0. The van der Waals surface area contributed by atoms with Gasteiger partial charge in [0.15, 0.2) is 0 Å². The molecule has 10 aromatic rings. The van der Waals surface area contributed by atoms with Crippen LogP contribution in [-0.2, 0) is 0 Å². The van der Waals surface area contributed by atoms with Crippen LogP contribution in [0.25, 0.3) is 89.0 Å². The first kappa shape index (κ1) is 60.9. The molecule has 0 atom stereocenters. The molecule has 0 unspecified atom stereocenters. The standard InChI is InChI=1S/C80H86N2O2Si2/c1-53(2)85(54(3)4,55(5)6)83-73-45-41-67(42-46-73)65-29-37-71(38-30-65)77-51-59(13)49-75(69-33-25-63(26-34-69)61-21-17-15-18-22-61)79(77)81-82-80-76(70-35-27-64(28-36-70)62-23-19-16-20-24-62)50-60(14)52-78(80)72-39-31-66(32-40-72)68-43-47-74(48-44-68)84-86(56(7)8,57(9)10)58(11)12/h15-58H,1-14H3. The van der Waals surface area contributed by atoms with Crippen molar-refractivity contribution in [1.29, 1.82) is 0 Å². The first-order valence-corrected chi connectivity index (χ1v) is 35.5. The van der Waals surface area contributed by atoms with Crippen LogP contribution in [0.2, 0.25) is 33.2 Å². The number of hydrogen-bond donors (Lipinski definition) is 0. The summed E-state index contributed by atoms with van der Waals surface area (Å²) in [6.45, 7) is 32.4. The summed E-state index contributed by atoms with van der Waals surface area (Å²) in [6, 6.07) is 83.3. The van der Waals surface area contributed by atoms with E-state index in [1.165, 1.54) is 11.1 Å². The molecule has 0 aliphatic carbocycles. The molecule has 0 heterocycles. The number of azo groups is 1. The monoisotopic (exact) mass is 1160 g/mol. The van der Waals surface area contributed by atoms with Crippen LogP contribution in [0.1, 0.15) is 94.2 Å². The van der Waals surface area contributed by atoms with E-state index in [2.05, 4.69) is 327 Å². The summed E-state index contributed by atoms with van der Waals surface area (Å²) < 4.78 is 14.1. The predicted octanol–water partition coefficient (Wildman–Crippen LogP) is 25.2. The fourth-order valence-electron chi connectivity index (χ4n) is 13.9. The Labute approximate surface area is 516 Å². The Kier molecular flexibility index (Phi) is 18.6. The summed E-state index contributed by atoms with van der Waals surface area (Å²) in [6.07, 6.45) is 0. The molecule has 0 aliphatic rings. The van der Waals surface area contributed by atoms with Crippen molar-refractivity contribution in [1.82, 2.24) is 0 Å².